The van der Waals surface area contributed by atoms with Crippen LogP contribution in [-0.4, -0.2) is 22.5 Å². The Morgan fingerprint density at radius 2 is 1.43 bits per heavy atom. The summed E-state index contributed by atoms with van der Waals surface area (Å²) in [4.78, 5) is 20.6. The summed E-state index contributed by atoms with van der Waals surface area (Å²) in [5.74, 6) is 1.57. The lowest BCUT2D eigenvalue weighted by molar-refractivity contribution is 0.0734. The molecule has 0 bridgehead atoms. The van der Waals surface area contributed by atoms with Crippen LogP contribution in [0, 0.1) is 0 Å². The standard InChI is InChI=1S/C32H38N2O3/c1-2-3-4-5-6-7-8-9-10-13-23-36-27-15-14-16-28(24-27)37-32(35)26-21-19-25(20-22-26)31-33-29-17-11-12-18-30(29)34-31/h11-12,14-22,24H,2-10,13,23H2,1H3,(H,33,34). The summed E-state index contributed by atoms with van der Waals surface area (Å²) >= 11 is 0. The van der Waals surface area contributed by atoms with Gasteiger partial charge < -0.3 is 14.5 Å². The van der Waals surface area contributed by atoms with E-state index in [1.54, 1.807) is 24.3 Å². The Labute approximate surface area is 220 Å². The summed E-state index contributed by atoms with van der Waals surface area (Å²) in [5.41, 5.74) is 3.29. The highest BCUT2D eigenvalue weighted by molar-refractivity contribution is 5.91. The highest BCUT2D eigenvalue weighted by Gasteiger charge is 2.11. The molecule has 0 aliphatic carbocycles. The lowest BCUT2D eigenvalue weighted by atomic mass is 10.1. The van der Waals surface area contributed by atoms with Crippen LogP contribution < -0.4 is 9.47 Å². The highest BCUT2D eigenvalue weighted by Crippen LogP contribution is 2.23. The third-order valence-corrected chi connectivity index (χ3v) is 6.57. The second kappa shape index (κ2) is 14.2. The number of carbonyl (C=O) groups excluding carboxylic acids is 1. The third kappa shape index (κ3) is 8.21. The molecule has 3 aromatic carbocycles. The van der Waals surface area contributed by atoms with Crippen molar-refractivity contribution in [2.75, 3.05) is 6.61 Å². The molecule has 0 aliphatic heterocycles. The normalized spacial score (nSPS) is 11.1. The van der Waals surface area contributed by atoms with Crippen molar-refractivity contribution in [3.63, 3.8) is 0 Å². The smallest absolute Gasteiger partial charge is 0.343 e. The van der Waals surface area contributed by atoms with E-state index in [0.29, 0.717) is 17.9 Å². The fraction of sp³-hybridized carbons (Fsp3) is 0.375. The van der Waals surface area contributed by atoms with E-state index in [-0.39, 0.29) is 0 Å². The molecule has 0 atom stereocenters. The number of aromatic amines is 1. The van der Waals surface area contributed by atoms with E-state index >= 15 is 0 Å². The van der Waals surface area contributed by atoms with E-state index in [4.69, 9.17) is 9.47 Å². The number of hydrogen-bond acceptors (Lipinski definition) is 4. The summed E-state index contributed by atoms with van der Waals surface area (Å²) in [6.45, 7) is 2.94. The van der Waals surface area contributed by atoms with Gasteiger partial charge in [-0.1, -0.05) is 95.0 Å². The summed E-state index contributed by atoms with van der Waals surface area (Å²) in [6.07, 6.45) is 13.0. The summed E-state index contributed by atoms with van der Waals surface area (Å²) in [5, 5.41) is 0. The molecule has 0 radical (unpaired) electrons. The monoisotopic (exact) mass is 498 g/mol. The van der Waals surface area contributed by atoms with Crippen LogP contribution in [0.15, 0.2) is 72.8 Å². The minimum atomic E-state index is -0.400. The number of hydrogen-bond donors (Lipinski definition) is 1. The van der Waals surface area contributed by atoms with Gasteiger partial charge in [0.2, 0.25) is 0 Å². The molecule has 0 fully saturated rings. The Morgan fingerprint density at radius 3 is 2.16 bits per heavy atom. The van der Waals surface area contributed by atoms with Gasteiger partial charge in [0, 0.05) is 11.6 Å². The number of aromatic nitrogens is 2. The van der Waals surface area contributed by atoms with Crippen molar-refractivity contribution >= 4 is 17.0 Å². The second-order valence-corrected chi connectivity index (χ2v) is 9.57. The van der Waals surface area contributed by atoms with Gasteiger partial charge in [0.1, 0.15) is 17.3 Å². The zero-order chi connectivity index (χ0) is 25.7. The maximum atomic E-state index is 12.7. The van der Waals surface area contributed by atoms with Crippen molar-refractivity contribution < 1.29 is 14.3 Å². The Bertz CT molecular complexity index is 1210. The van der Waals surface area contributed by atoms with Crippen molar-refractivity contribution in [3.8, 4) is 22.9 Å². The van der Waals surface area contributed by atoms with Gasteiger partial charge in [0.25, 0.3) is 0 Å². The molecule has 194 valence electrons. The van der Waals surface area contributed by atoms with Gasteiger partial charge in [-0.3, -0.25) is 0 Å². The molecule has 0 saturated heterocycles. The lowest BCUT2D eigenvalue weighted by Gasteiger charge is -2.09. The van der Waals surface area contributed by atoms with Gasteiger partial charge in [0.15, 0.2) is 0 Å². The first kappa shape index (κ1) is 26.5. The molecule has 1 heterocycles. The number of rotatable bonds is 15. The van der Waals surface area contributed by atoms with Gasteiger partial charge in [0.05, 0.1) is 23.2 Å². The topological polar surface area (TPSA) is 64.2 Å². The van der Waals surface area contributed by atoms with E-state index < -0.39 is 5.97 Å². The molecule has 0 aliphatic rings. The molecule has 0 amide bonds. The minimum absolute atomic E-state index is 0.400. The number of nitrogens with zero attached hydrogens (tertiary/aromatic N) is 1. The number of nitrogens with one attached hydrogen (secondary N) is 1. The molecule has 1 N–H and O–H groups in total. The lowest BCUT2D eigenvalue weighted by Crippen LogP contribution is -2.08. The number of fused-ring (bicyclic) bond motifs is 1. The molecule has 0 unspecified atom stereocenters. The maximum absolute atomic E-state index is 12.7. The quantitative estimate of drug-likeness (QED) is 0.101. The molecule has 5 nitrogen and oxygen atoms in total. The maximum Gasteiger partial charge on any atom is 0.343 e. The van der Waals surface area contributed by atoms with Crippen molar-refractivity contribution in [1.82, 2.24) is 9.97 Å². The summed E-state index contributed by atoms with van der Waals surface area (Å²) in [6, 6.07) is 22.5. The summed E-state index contributed by atoms with van der Waals surface area (Å²) in [7, 11) is 0. The Kier molecular flexibility index (Phi) is 10.2. The number of esters is 1. The first-order chi connectivity index (χ1) is 18.2. The van der Waals surface area contributed by atoms with E-state index in [9.17, 15) is 4.79 Å². The average molecular weight is 499 g/mol. The molecule has 0 saturated carbocycles. The predicted molar refractivity (Wildman–Crippen MR) is 150 cm³/mol. The molecule has 37 heavy (non-hydrogen) atoms. The first-order valence-corrected chi connectivity index (χ1v) is 13.7. The highest BCUT2D eigenvalue weighted by atomic mass is 16.5. The molecule has 4 aromatic rings. The third-order valence-electron chi connectivity index (χ3n) is 6.57. The van der Waals surface area contributed by atoms with Crippen molar-refractivity contribution in [2.45, 2.75) is 71.1 Å². The van der Waals surface area contributed by atoms with E-state index in [0.717, 1.165) is 34.6 Å². The minimum Gasteiger partial charge on any atom is -0.493 e. The van der Waals surface area contributed by atoms with Gasteiger partial charge in [-0.2, -0.15) is 0 Å². The fourth-order valence-electron chi connectivity index (χ4n) is 4.43. The van der Waals surface area contributed by atoms with Crippen LogP contribution in [0.1, 0.15) is 81.5 Å². The van der Waals surface area contributed by atoms with Crippen LogP contribution in [0.25, 0.3) is 22.4 Å². The first-order valence-electron chi connectivity index (χ1n) is 13.7. The zero-order valence-corrected chi connectivity index (χ0v) is 21.9. The molecule has 1 aromatic heterocycles. The summed E-state index contributed by atoms with van der Waals surface area (Å²) < 4.78 is 11.5. The molecular weight excluding hydrogens is 460 g/mol. The molecule has 4 rings (SSSR count). The van der Waals surface area contributed by atoms with Crippen LogP contribution in [0.2, 0.25) is 0 Å². The second-order valence-electron chi connectivity index (χ2n) is 9.57. The predicted octanol–water partition coefficient (Wildman–Crippen LogP) is 8.75. The van der Waals surface area contributed by atoms with Crippen molar-refractivity contribution in [1.29, 1.82) is 0 Å². The Morgan fingerprint density at radius 1 is 0.757 bits per heavy atom. The van der Waals surface area contributed by atoms with Crippen LogP contribution in [0.4, 0.5) is 0 Å². The SMILES string of the molecule is CCCCCCCCCCCCOc1cccc(OC(=O)c2ccc(-c3nc4ccccc4[nH]3)cc2)c1. The van der Waals surface area contributed by atoms with Gasteiger partial charge in [-0.15, -0.1) is 0 Å². The van der Waals surface area contributed by atoms with Crippen LogP contribution >= 0.6 is 0 Å². The Balaban J connectivity index is 1.19. The molecule has 0 spiro atoms. The van der Waals surface area contributed by atoms with Crippen LogP contribution in [-0.2, 0) is 0 Å². The van der Waals surface area contributed by atoms with E-state index in [2.05, 4.69) is 16.9 Å². The average Bonchev–Trinajstić information content (AvgIpc) is 3.36. The number of unbranched alkanes of at least 4 members (excludes halogenated alkanes) is 9. The number of carbonyl (C=O) groups is 1. The molecule has 5 heteroatoms. The number of ether oxygens (including phenoxy) is 2. The number of para-hydroxylation sites is 2. The number of benzene rings is 3. The zero-order valence-electron chi connectivity index (χ0n) is 21.9. The van der Waals surface area contributed by atoms with Gasteiger partial charge >= 0.3 is 5.97 Å². The van der Waals surface area contributed by atoms with E-state index in [1.165, 1.54) is 57.8 Å². The van der Waals surface area contributed by atoms with E-state index in [1.807, 2.05) is 48.5 Å². The van der Waals surface area contributed by atoms with Crippen molar-refractivity contribution in [3.05, 3.63) is 78.4 Å². The van der Waals surface area contributed by atoms with Crippen LogP contribution in [0.5, 0.6) is 11.5 Å². The molecular formula is C32H38N2O3. The largest absolute Gasteiger partial charge is 0.493 e. The van der Waals surface area contributed by atoms with Crippen LogP contribution in [0.3, 0.4) is 0 Å². The van der Waals surface area contributed by atoms with Gasteiger partial charge in [-0.05, 0) is 42.8 Å². The number of H-pyrrole nitrogens is 1. The van der Waals surface area contributed by atoms with Crippen molar-refractivity contribution in [2.24, 2.45) is 0 Å². The Hall–Kier alpha value is -3.60. The number of imidazole rings is 1. The van der Waals surface area contributed by atoms with Gasteiger partial charge in [-0.25, -0.2) is 9.78 Å². The fourth-order valence-corrected chi connectivity index (χ4v) is 4.43.